The summed E-state index contributed by atoms with van der Waals surface area (Å²) in [5.74, 6) is 0. The predicted octanol–water partition coefficient (Wildman–Crippen LogP) is 2.87. The molecular weight excluding hydrogens is 198 g/mol. The molecule has 0 saturated carbocycles. The largest absolute Gasteiger partial charge is 0.298 e. The first kappa shape index (κ1) is 11.3. The molecule has 2 rings (SSSR count). The molecule has 1 aromatic carbocycles. The van der Waals surface area contributed by atoms with Crippen LogP contribution in [0.3, 0.4) is 0 Å². The summed E-state index contributed by atoms with van der Waals surface area (Å²) in [7, 11) is 0. The van der Waals surface area contributed by atoms with Gasteiger partial charge in [-0.25, -0.2) is 0 Å². The van der Waals surface area contributed by atoms with E-state index < -0.39 is 0 Å². The number of benzene rings is 1. The van der Waals surface area contributed by atoms with Crippen LogP contribution in [0.4, 0.5) is 0 Å². The highest BCUT2D eigenvalue weighted by Crippen LogP contribution is 2.20. The minimum absolute atomic E-state index is 0.647. The summed E-state index contributed by atoms with van der Waals surface area (Å²) in [6.07, 6.45) is 4.87. The molecule has 2 nitrogen and oxygen atoms in total. The fourth-order valence-corrected chi connectivity index (χ4v) is 2.40. The van der Waals surface area contributed by atoms with Gasteiger partial charge in [0.05, 0.1) is 0 Å². The third-order valence-corrected chi connectivity index (χ3v) is 3.50. The van der Waals surface area contributed by atoms with Gasteiger partial charge < -0.3 is 0 Å². The van der Waals surface area contributed by atoms with Crippen molar-refractivity contribution in [3.63, 3.8) is 0 Å². The molecule has 1 atom stereocenters. The van der Waals surface area contributed by atoms with Gasteiger partial charge in [-0.15, -0.1) is 0 Å². The normalized spacial score (nSPS) is 21.9. The average molecular weight is 217 g/mol. The number of carbonyl (C=O) groups is 1. The number of carbonyl (C=O) groups excluding carboxylic acids is 1. The fraction of sp³-hybridized carbons (Fsp3) is 0.500. The SMILES string of the molecule is C[C@@H]1CCCCN1Cc1ccccc1C=O. The molecule has 0 N–H and O–H groups in total. The highest BCUT2D eigenvalue weighted by molar-refractivity contribution is 5.77. The quantitative estimate of drug-likeness (QED) is 0.726. The van der Waals surface area contributed by atoms with Crippen LogP contribution in [0.25, 0.3) is 0 Å². The maximum atomic E-state index is 10.9. The van der Waals surface area contributed by atoms with Gasteiger partial charge in [-0.1, -0.05) is 30.7 Å². The number of nitrogens with zero attached hydrogens (tertiary/aromatic N) is 1. The molecule has 1 aromatic rings. The van der Waals surface area contributed by atoms with E-state index in [2.05, 4.69) is 17.9 Å². The van der Waals surface area contributed by atoms with Gasteiger partial charge in [-0.05, 0) is 31.9 Å². The van der Waals surface area contributed by atoms with Crippen molar-refractivity contribution in [1.82, 2.24) is 4.90 Å². The van der Waals surface area contributed by atoms with Crippen LogP contribution in [-0.2, 0) is 6.54 Å². The minimum atomic E-state index is 0.647. The van der Waals surface area contributed by atoms with Crippen molar-refractivity contribution < 1.29 is 4.79 Å². The van der Waals surface area contributed by atoms with Crippen molar-refractivity contribution in [2.75, 3.05) is 6.54 Å². The molecule has 86 valence electrons. The lowest BCUT2D eigenvalue weighted by Crippen LogP contribution is -2.36. The molecule has 1 heterocycles. The lowest BCUT2D eigenvalue weighted by Gasteiger charge is -2.33. The van der Waals surface area contributed by atoms with Crippen LogP contribution in [0.5, 0.6) is 0 Å². The highest BCUT2D eigenvalue weighted by Gasteiger charge is 2.18. The van der Waals surface area contributed by atoms with E-state index in [1.807, 2.05) is 18.2 Å². The number of aldehydes is 1. The van der Waals surface area contributed by atoms with Gasteiger partial charge in [0.25, 0.3) is 0 Å². The van der Waals surface area contributed by atoms with Crippen LogP contribution in [-0.4, -0.2) is 23.8 Å². The Balaban J connectivity index is 2.10. The lowest BCUT2D eigenvalue weighted by molar-refractivity contribution is 0.111. The highest BCUT2D eigenvalue weighted by atomic mass is 16.1. The summed E-state index contributed by atoms with van der Waals surface area (Å²) in [5.41, 5.74) is 1.99. The minimum Gasteiger partial charge on any atom is -0.298 e. The third kappa shape index (κ3) is 2.50. The Kier molecular flexibility index (Phi) is 3.73. The van der Waals surface area contributed by atoms with E-state index >= 15 is 0 Å². The van der Waals surface area contributed by atoms with Gasteiger partial charge in [0, 0.05) is 18.2 Å². The Bertz CT molecular complexity index is 362. The van der Waals surface area contributed by atoms with E-state index in [9.17, 15) is 4.79 Å². The second-order valence-electron chi connectivity index (χ2n) is 4.63. The van der Waals surface area contributed by atoms with E-state index in [4.69, 9.17) is 0 Å². The average Bonchev–Trinajstić information content (AvgIpc) is 2.33. The molecule has 0 spiro atoms. The van der Waals surface area contributed by atoms with Crippen molar-refractivity contribution in [2.24, 2.45) is 0 Å². The Morgan fingerprint density at radius 1 is 1.38 bits per heavy atom. The molecule has 1 aliphatic heterocycles. The first-order chi connectivity index (χ1) is 7.81. The van der Waals surface area contributed by atoms with Crippen LogP contribution in [0, 0.1) is 0 Å². The number of likely N-dealkylation sites (tertiary alicyclic amines) is 1. The Labute approximate surface area is 97.3 Å². The molecule has 1 aliphatic rings. The zero-order valence-corrected chi connectivity index (χ0v) is 9.86. The van der Waals surface area contributed by atoms with Crippen molar-refractivity contribution in [3.05, 3.63) is 35.4 Å². The van der Waals surface area contributed by atoms with Gasteiger partial charge in [-0.2, -0.15) is 0 Å². The number of hydrogen-bond donors (Lipinski definition) is 0. The second-order valence-corrected chi connectivity index (χ2v) is 4.63. The smallest absolute Gasteiger partial charge is 0.150 e. The first-order valence-electron chi connectivity index (χ1n) is 6.08. The van der Waals surface area contributed by atoms with E-state index in [0.29, 0.717) is 6.04 Å². The Hall–Kier alpha value is -1.15. The van der Waals surface area contributed by atoms with Gasteiger partial charge >= 0.3 is 0 Å². The van der Waals surface area contributed by atoms with Crippen molar-refractivity contribution >= 4 is 6.29 Å². The molecule has 1 fully saturated rings. The Morgan fingerprint density at radius 3 is 2.94 bits per heavy atom. The summed E-state index contributed by atoms with van der Waals surface area (Å²) < 4.78 is 0. The molecule has 0 aliphatic carbocycles. The number of piperidine rings is 1. The lowest BCUT2D eigenvalue weighted by atomic mass is 10.0. The van der Waals surface area contributed by atoms with Crippen LogP contribution in [0.1, 0.15) is 42.1 Å². The van der Waals surface area contributed by atoms with E-state index in [0.717, 1.165) is 30.5 Å². The molecule has 0 aromatic heterocycles. The number of hydrogen-bond acceptors (Lipinski definition) is 2. The molecule has 16 heavy (non-hydrogen) atoms. The van der Waals surface area contributed by atoms with Crippen LogP contribution >= 0.6 is 0 Å². The van der Waals surface area contributed by atoms with Crippen LogP contribution < -0.4 is 0 Å². The number of rotatable bonds is 3. The summed E-state index contributed by atoms with van der Waals surface area (Å²) >= 11 is 0. The van der Waals surface area contributed by atoms with E-state index in [-0.39, 0.29) is 0 Å². The molecule has 2 heteroatoms. The molecule has 0 bridgehead atoms. The predicted molar refractivity (Wildman–Crippen MR) is 65.6 cm³/mol. The molecule has 0 unspecified atom stereocenters. The fourth-order valence-electron chi connectivity index (χ4n) is 2.40. The van der Waals surface area contributed by atoms with Crippen molar-refractivity contribution in [3.8, 4) is 0 Å². The maximum absolute atomic E-state index is 10.9. The third-order valence-electron chi connectivity index (χ3n) is 3.50. The van der Waals surface area contributed by atoms with Crippen LogP contribution in [0.15, 0.2) is 24.3 Å². The zero-order valence-electron chi connectivity index (χ0n) is 9.86. The van der Waals surface area contributed by atoms with Gasteiger partial charge in [0.2, 0.25) is 0 Å². The topological polar surface area (TPSA) is 20.3 Å². The van der Waals surface area contributed by atoms with E-state index in [1.165, 1.54) is 19.3 Å². The molecule has 0 radical (unpaired) electrons. The van der Waals surface area contributed by atoms with Crippen LogP contribution in [0.2, 0.25) is 0 Å². The zero-order chi connectivity index (χ0) is 11.4. The van der Waals surface area contributed by atoms with Crippen molar-refractivity contribution in [2.45, 2.75) is 38.8 Å². The maximum Gasteiger partial charge on any atom is 0.150 e. The monoisotopic (exact) mass is 217 g/mol. The summed E-state index contributed by atoms with van der Waals surface area (Å²) in [6, 6.07) is 8.54. The van der Waals surface area contributed by atoms with Gasteiger partial charge in [0.15, 0.2) is 0 Å². The van der Waals surface area contributed by atoms with Crippen molar-refractivity contribution in [1.29, 1.82) is 0 Å². The van der Waals surface area contributed by atoms with Gasteiger partial charge in [0.1, 0.15) is 6.29 Å². The standard InChI is InChI=1S/C14H19NO/c1-12-6-4-5-9-15(12)10-13-7-2-3-8-14(13)11-16/h2-3,7-8,11-12H,4-6,9-10H2,1H3/t12-/m1/s1. The second kappa shape index (κ2) is 5.26. The Morgan fingerprint density at radius 2 is 2.19 bits per heavy atom. The van der Waals surface area contributed by atoms with E-state index in [1.54, 1.807) is 0 Å². The summed E-state index contributed by atoms with van der Waals surface area (Å²) in [4.78, 5) is 13.4. The molecule has 0 amide bonds. The summed E-state index contributed by atoms with van der Waals surface area (Å²) in [6.45, 7) is 4.35. The molecular formula is C14H19NO. The summed E-state index contributed by atoms with van der Waals surface area (Å²) in [5, 5.41) is 0. The first-order valence-corrected chi connectivity index (χ1v) is 6.08. The molecule has 1 saturated heterocycles. The van der Waals surface area contributed by atoms with Gasteiger partial charge in [-0.3, -0.25) is 9.69 Å².